The fraction of sp³-hybridized carbons (Fsp3) is 0.560. The minimum absolute atomic E-state index is 0.111. The van der Waals surface area contributed by atoms with Gasteiger partial charge in [0.2, 0.25) is 0 Å². The van der Waals surface area contributed by atoms with Gasteiger partial charge >= 0.3 is 6.03 Å². The largest absolute Gasteiger partial charge is 0.321 e. The number of hydrogen-bond donors (Lipinski definition) is 6. The highest BCUT2D eigenvalue weighted by Crippen LogP contribution is 2.40. The van der Waals surface area contributed by atoms with E-state index in [1.165, 1.54) is 32.1 Å². The normalized spacial score (nSPS) is 26.1. The van der Waals surface area contributed by atoms with E-state index in [0.717, 1.165) is 36.5 Å². The standard InChI is InChI=1S/C25H36ClN5O2/c1-17-25(13-7-5-3-2-4-6-8-14-25)22(31-33)29-23(27-17)30-24(32)28-21-12-10-18-15-20(26)11-9-19(18)16-21/h9-12,15-17,22-23,27,29,31,33H,2-8,13-14H2,1H3,(H2,28,30,32). The van der Waals surface area contributed by atoms with Crippen LogP contribution >= 0.6 is 11.6 Å². The third-order valence-corrected chi connectivity index (χ3v) is 7.67. The van der Waals surface area contributed by atoms with Crippen molar-refractivity contribution in [2.75, 3.05) is 5.32 Å². The quantitative estimate of drug-likeness (QED) is 0.340. The first-order valence-corrected chi connectivity index (χ1v) is 12.6. The van der Waals surface area contributed by atoms with Crippen molar-refractivity contribution >= 4 is 34.1 Å². The zero-order chi connectivity index (χ0) is 23.3. The van der Waals surface area contributed by atoms with Crippen LogP contribution in [-0.4, -0.2) is 29.7 Å². The molecule has 0 aromatic heterocycles. The Kier molecular flexibility index (Phi) is 8.09. The molecule has 2 fully saturated rings. The zero-order valence-corrected chi connectivity index (χ0v) is 20.0. The summed E-state index contributed by atoms with van der Waals surface area (Å²) in [5.74, 6) is 0. The van der Waals surface area contributed by atoms with Crippen LogP contribution in [0.5, 0.6) is 0 Å². The van der Waals surface area contributed by atoms with Gasteiger partial charge in [0.15, 0.2) is 0 Å². The molecule has 2 aromatic rings. The summed E-state index contributed by atoms with van der Waals surface area (Å²) in [4.78, 5) is 12.7. The number of fused-ring (bicyclic) bond motifs is 1. The lowest BCUT2D eigenvalue weighted by Crippen LogP contribution is -2.75. The van der Waals surface area contributed by atoms with Gasteiger partial charge in [-0.15, -0.1) is 0 Å². The van der Waals surface area contributed by atoms with Gasteiger partial charge in [0.1, 0.15) is 6.29 Å². The molecule has 6 N–H and O–H groups in total. The van der Waals surface area contributed by atoms with E-state index in [-0.39, 0.29) is 23.7 Å². The number of carbonyl (C=O) groups excluding carboxylic acids is 1. The molecule has 180 valence electrons. The van der Waals surface area contributed by atoms with Crippen LogP contribution in [0.25, 0.3) is 10.8 Å². The maximum atomic E-state index is 12.7. The van der Waals surface area contributed by atoms with Crippen LogP contribution in [0, 0.1) is 5.41 Å². The topological polar surface area (TPSA) is 97.5 Å². The van der Waals surface area contributed by atoms with Crippen LogP contribution in [0.15, 0.2) is 36.4 Å². The zero-order valence-electron chi connectivity index (χ0n) is 19.3. The molecule has 2 amide bonds. The Balaban J connectivity index is 1.40. The van der Waals surface area contributed by atoms with Crippen molar-refractivity contribution in [1.29, 1.82) is 0 Å². The molecule has 7 nitrogen and oxygen atoms in total. The van der Waals surface area contributed by atoms with Crippen molar-refractivity contribution in [3.05, 3.63) is 41.4 Å². The Morgan fingerprint density at radius 2 is 1.61 bits per heavy atom. The minimum Gasteiger partial charge on any atom is -0.315 e. The molecule has 0 radical (unpaired) electrons. The number of amides is 2. The third kappa shape index (κ3) is 5.78. The number of anilines is 1. The average molecular weight is 474 g/mol. The summed E-state index contributed by atoms with van der Waals surface area (Å²) in [6.07, 6.45) is 9.96. The Hall–Kier alpha value is -1.90. The molecule has 1 spiro atoms. The van der Waals surface area contributed by atoms with Gasteiger partial charge in [0.25, 0.3) is 0 Å². The maximum Gasteiger partial charge on any atom is 0.321 e. The first-order valence-electron chi connectivity index (χ1n) is 12.2. The van der Waals surface area contributed by atoms with Crippen LogP contribution < -0.4 is 26.7 Å². The number of hydroxylamine groups is 1. The van der Waals surface area contributed by atoms with E-state index in [1.54, 1.807) is 0 Å². The Morgan fingerprint density at radius 1 is 0.970 bits per heavy atom. The predicted molar refractivity (Wildman–Crippen MR) is 133 cm³/mol. The third-order valence-electron chi connectivity index (χ3n) is 7.44. The number of nitrogens with one attached hydrogen (secondary N) is 5. The van der Waals surface area contributed by atoms with Crippen LogP contribution in [0.1, 0.15) is 64.7 Å². The molecule has 3 unspecified atom stereocenters. The van der Waals surface area contributed by atoms with Crippen molar-refractivity contribution in [3.8, 4) is 0 Å². The summed E-state index contributed by atoms with van der Waals surface area (Å²) in [5, 5.41) is 25.5. The first-order chi connectivity index (χ1) is 16.0. The van der Waals surface area contributed by atoms with Crippen LogP contribution in [0.4, 0.5) is 10.5 Å². The number of rotatable bonds is 3. The van der Waals surface area contributed by atoms with E-state index in [9.17, 15) is 10.0 Å². The highest BCUT2D eigenvalue weighted by Gasteiger charge is 2.47. The summed E-state index contributed by atoms with van der Waals surface area (Å²) in [6.45, 7) is 2.16. The SMILES string of the molecule is CC1NC(NC(=O)Nc2ccc3cc(Cl)ccc3c2)NC(NO)C12CCCCCCCCC2. The number of halogens is 1. The molecule has 1 saturated heterocycles. The van der Waals surface area contributed by atoms with Gasteiger partial charge in [-0.2, -0.15) is 5.48 Å². The predicted octanol–water partition coefficient (Wildman–Crippen LogP) is 5.30. The number of carbonyl (C=O) groups is 1. The highest BCUT2D eigenvalue weighted by molar-refractivity contribution is 6.31. The van der Waals surface area contributed by atoms with Crippen molar-refractivity contribution in [1.82, 2.24) is 21.4 Å². The molecular formula is C25H36ClN5O2. The van der Waals surface area contributed by atoms with Gasteiger partial charge in [-0.3, -0.25) is 10.6 Å². The highest BCUT2D eigenvalue weighted by atomic mass is 35.5. The molecule has 1 heterocycles. The molecule has 1 aliphatic heterocycles. The molecule has 1 saturated carbocycles. The van der Waals surface area contributed by atoms with Gasteiger partial charge in [0.05, 0.1) is 6.17 Å². The van der Waals surface area contributed by atoms with E-state index in [2.05, 4.69) is 33.7 Å². The lowest BCUT2D eigenvalue weighted by Gasteiger charge is -2.52. The fourth-order valence-electron chi connectivity index (χ4n) is 5.53. The van der Waals surface area contributed by atoms with Gasteiger partial charge in [-0.05, 0) is 54.8 Å². The number of hydrogen-bond acceptors (Lipinski definition) is 5. The Morgan fingerprint density at radius 3 is 2.30 bits per heavy atom. The molecule has 1 aliphatic carbocycles. The van der Waals surface area contributed by atoms with E-state index < -0.39 is 6.29 Å². The molecular weight excluding hydrogens is 438 g/mol. The first kappa shape index (κ1) is 24.2. The van der Waals surface area contributed by atoms with Crippen LogP contribution in [0.3, 0.4) is 0 Å². The van der Waals surface area contributed by atoms with Crippen molar-refractivity contribution < 1.29 is 10.0 Å². The molecule has 33 heavy (non-hydrogen) atoms. The van der Waals surface area contributed by atoms with E-state index in [0.29, 0.717) is 10.7 Å². The van der Waals surface area contributed by atoms with E-state index in [1.807, 2.05) is 36.4 Å². The van der Waals surface area contributed by atoms with Crippen LogP contribution in [-0.2, 0) is 0 Å². The fourth-order valence-corrected chi connectivity index (χ4v) is 5.71. The molecule has 4 rings (SSSR count). The second-order valence-corrected chi connectivity index (χ2v) is 10.00. The van der Waals surface area contributed by atoms with Crippen molar-refractivity contribution in [3.63, 3.8) is 0 Å². The second kappa shape index (κ2) is 11.0. The van der Waals surface area contributed by atoms with E-state index in [4.69, 9.17) is 11.6 Å². The van der Waals surface area contributed by atoms with E-state index >= 15 is 0 Å². The van der Waals surface area contributed by atoms with Gasteiger partial charge in [-0.25, -0.2) is 4.79 Å². The summed E-state index contributed by atoms with van der Waals surface area (Å²) >= 11 is 6.06. The summed E-state index contributed by atoms with van der Waals surface area (Å²) in [6, 6.07) is 11.2. The lowest BCUT2D eigenvalue weighted by atomic mass is 9.68. The monoisotopic (exact) mass is 473 g/mol. The maximum absolute atomic E-state index is 12.7. The molecule has 2 aromatic carbocycles. The number of benzene rings is 2. The molecule has 8 heteroatoms. The smallest absolute Gasteiger partial charge is 0.315 e. The molecule has 0 bridgehead atoms. The molecule has 3 atom stereocenters. The lowest BCUT2D eigenvalue weighted by molar-refractivity contribution is -0.0462. The van der Waals surface area contributed by atoms with Crippen molar-refractivity contribution in [2.24, 2.45) is 5.41 Å². The molecule has 2 aliphatic rings. The number of urea groups is 1. The summed E-state index contributed by atoms with van der Waals surface area (Å²) in [5.41, 5.74) is 3.11. The Bertz CT molecular complexity index is 946. The summed E-state index contributed by atoms with van der Waals surface area (Å²) < 4.78 is 0. The van der Waals surface area contributed by atoms with Gasteiger partial charge < -0.3 is 15.8 Å². The van der Waals surface area contributed by atoms with Gasteiger partial charge in [-0.1, -0.05) is 68.7 Å². The minimum atomic E-state index is -0.468. The average Bonchev–Trinajstić information content (AvgIpc) is 2.80. The van der Waals surface area contributed by atoms with Gasteiger partial charge in [0, 0.05) is 22.2 Å². The van der Waals surface area contributed by atoms with Crippen LogP contribution in [0.2, 0.25) is 5.02 Å². The Labute approximate surface area is 201 Å². The summed E-state index contributed by atoms with van der Waals surface area (Å²) in [7, 11) is 0. The second-order valence-electron chi connectivity index (χ2n) is 9.56. The van der Waals surface area contributed by atoms with Crippen molar-refractivity contribution in [2.45, 2.75) is 83.2 Å².